The molecule has 0 aliphatic heterocycles. The van der Waals surface area contributed by atoms with Crippen LogP contribution in [0.15, 0.2) is 0 Å². The van der Waals surface area contributed by atoms with Crippen LogP contribution in [0.1, 0.15) is 39.0 Å². The number of rotatable bonds is 6. The highest BCUT2D eigenvalue weighted by Crippen LogP contribution is 2.25. The van der Waals surface area contributed by atoms with Crippen molar-refractivity contribution < 1.29 is 8.42 Å². The van der Waals surface area contributed by atoms with Crippen molar-refractivity contribution in [1.29, 1.82) is 0 Å². The predicted molar refractivity (Wildman–Crippen MR) is 62.1 cm³/mol. The van der Waals surface area contributed by atoms with E-state index in [9.17, 15) is 8.42 Å². The van der Waals surface area contributed by atoms with E-state index in [-0.39, 0.29) is 11.8 Å². The summed E-state index contributed by atoms with van der Waals surface area (Å²) in [6.45, 7) is 2.79. The molecule has 1 aliphatic rings. The molecule has 0 radical (unpaired) electrons. The molecular weight excluding hydrogens is 212 g/mol. The Hall–Kier alpha value is -0.130. The Morgan fingerprint density at radius 2 is 1.93 bits per heavy atom. The first-order valence-corrected chi connectivity index (χ1v) is 7.42. The fraction of sp³-hybridized carbons (Fsp3) is 1.00. The molecule has 2 N–H and O–H groups in total. The number of sulfonamides is 1. The van der Waals surface area contributed by atoms with Crippen LogP contribution in [0, 0.1) is 0 Å². The smallest absolute Gasteiger partial charge is 0.214 e. The van der Waals surface area contributed by atoms with Gasteiger partial charge in [-0.25, -0.2) is 8.42 Å². The van der Waals surface area contributed by atoms with E-state index >= 15 is 0 Å². The standard InChI is InChI=1S/C10H22N2O2S/c1-2-9-15(13,14)12(8-7-11)10-5-3-4-6-10/h10H,2-9,11H2,1H3. The molecule has 0 heterocycles. The van der Waals surface area contributed by atoms with E-state index in [1.807, 2.05) is 6.92 Å². The van der Waals surface area contributed by atoms with Gasteiger partial charge in [-0.1, -0.05) is 19.8 Å². The summed E-state index contributed by atoms with van der Waals surface area (Å²) in [6, 6.07) is 0.213. The van der Waals surface area contributed by atoms with Crippen LogP contribution in [0.5, 0.6) is 0 Å². The topological polar surface area (TPSA) is 63.4 Å². The van der Waals surface area contributed by atoms with Crippen LogP contribution in [0.25, 0.3) is 0 Å². The molecule has 0 unspecified atom stereocenters. The third kappa shape index (κ3) is 3.43. The van der Waals surface area contributed by atoms with Crippen molar-refractivity contribution in [3.63, 3.8) is 0 Å². The van der Waals surface area contributed by atoms with Crippen molar-refractivity contribution >= 4 is 10.0 Å². The Morgan fingerprint density at radius 1 is 1.33 bits per heavy atom. The second kappa shape index (κ2) is 5.82. The van der Waals surface area contributed by atoms with Crippen molar-refractivity contribution in [2.24, 2.45) is 5.73 Å². The van der Waals surface area contributed by atoms with Crippen molar-refractivity contribution in [3.05, 3.63) is 0 Å². The molecule has 90 valence electrons. The van der Waals surface area contributed by atoms with Gasteiger partial charge < -0.3 is 5.73 Å². The molecular formula is C10H22N2O2S. The monoisotopic (exact) mass is 234 g/mol. The molecule has 1 fully saturated rings. The minimum atomic E-state index is -3.06. The second-order valence-electron chi connectivity index (χ2n) is 4.15. The molecule has 0 aromatic carbocycles. The van der Waals surface area contributed by atoms with Gasteiger partial charge in [0.15, 0.2) is 0 Å². The molecule has 15 heavy (non-hydrogen) atoms. The molecule has 4 nitrogen and oxygen atoms in total. The van der Waals surface area contributed by atoms with E-state index in [4.69, 9.17) is 5.73 Å². The average Bonchev–Trinajstić information content (AvgIpc) is 2.66. The zero-order chi connectivity index (χ0) is 11.3. The third-order valence-electron chi connectivity index (χ3n) is 2.90. The molecule has 0 aromatic rings. The van der Waals surface area contributed by atoms with Gasteiger partial charge in [0.05, 0.1) is 5.75 Å². The van der Waals surface area contributed by atoms with Crippen molar-refractivity contribution in [2.75, 3.05) is 18.8 Å². The van der Waals surface area contributed by atoms with Crippen LogP contribution in [0.2, 0.25) is 0 Å². The van der Waals surface area contributed by atoms with Crippen molar-refractivity contribution in [3.8, 4) is 0 Å². The van der Waals surface area contributed by atoms with Crippen LogP contribution >= 0.6 is 0 Å². The van der Waals surface area contributed by atoms with Gasteiger partial charge >= 0.3 is 0 Å². The van der Waals surface area contributed by atoms with Gasteiger partial charge in [-0.15, -0.1) is 0 Å². The average molecular weight is 234 g/mol. The molecule has 1 rings (SSSR count). The Balaban J connectivity index is 2.71. The summed E-state index contributed by atoms with van der Waals surface area (Å²) in [5.41, 5.74) is 5.48. The highest BCUT2D eigenvalue weighted by molar-refractivity contribution is 7.89. The van der Waals surface area contributed by atoms with Crippen LogP contribution < -0.4 is 5.73 Å². The number of hydrogen-bond acceptors (Lipinski definition) is 3. The first-order chi connectivity index (χ1) is 7.11. The lowest BCUT2D eigenvalue weighted by atomic mass is 10.2. The quantitative estimate of drug-likeness (QED) is 0.743. The zero-order valence-corrected chi connectivity index (χ0v) is 10.3. The van der Waals surface area contributed by atoms with E-state index < -0.39 is 10.0 Å². The summed E-state index contributed by atoms with van der Waals surface area (Å²) in [5, 5.41) is 0. The second-order valence-corrected chi connectivity index (χ2v) is 6.19. The van der Waals surface area contributed by atoms with Crippen LogP contribution in [-0.4, -0.2) is 37.6 Å². The van der Waals surface area contributed by atoms with Gasteiger partial charge in [-0.2, -0.15) is 4.31 Å². The summed E-state index contributed by atoms with van der Waals surface area (Å²) in [6.07, 6.45) is 4.97. The van der Waals surface area contributed by atoms with Gasteiger partial charge in [-0.3, -0.25) is 0 Å². The number of nitrogens with two attached hydrogens (primary N) is 1. The molecule has 0 aromatic heterocycles. The van der Waals surface area contributed by atoms with Crippen LogP contribution in [0.3, 0.4) is 0 Å². The predicted octanol–water partition coefficient (Wildman–Crippen LogP) is 0.930. The Labute approximate surface area is 92.9 Å². The van der Waals surface area contributed by atoms with Gasteiger partial charge in [-0.05, 0) is 19.3 Å². The summed E-state index contributed by atoms with van der Waals surface area (Å²) < 4.78 is 25.6. The van der Waals surface area contributed by atoms with E-state index in [1.165, 1.54) is 0 Å². The fourth-order valence-electron chi connectivity index (χ4n) is 2.24. The lowest BCUT2D eigenvalue weighted by Crippen LogP contribution is -2.42. The summed E-state index contributed by atoms with van der Waals surface area (Å²) in [5.74, 6) is 0.253. The molecule has 0 spiro atoms. The van der Waals surface area contributed by atoms with Gasteiger partial charge in [0.1, 0.15) is 0 Å². The minimum absolute atomic E-state index is 0.213. The lowest BCUT2D eigenvalue weighted by molar-refractivity contribution is 0.328. The van der Waals surface area contributed by atoms with Crippen LogP contribution in [0.4, 0.5) is 0 Å². The summed E-state index contributed by atoms with van der Waals surface area (Å²) >= 11 is 0. The molecule has 5 heteroatoms. The van der Waals surface area contributed by atoms with E-state index in [1.54, 1.807) is 4.31 Å². The maximum absolute atomic E-state index is 12.0. The summed E-state index contributed by atoms with van der Waals surface area (Å²) in [7, 11) is -3.06. The highest BCUT2D eigenvalue weighted by Gasteiger charge is 2.30. The largest absolute Gasteiger partial charge is 0.329 e. The molecule has 0 saturated heterocycles. The van der Waals surface area contributed by atoms with Gasteiger partial charge in [0.2, 0.25) is 10.0 Å². The van der Waals surface area contributed by atoms with Crippen molar-refractivity contribution in [2.45, 2.75) is 45.1 Å². The van der Waals surface area contributed by atoms with Crippen molar-refractivity contribution in [1.82, 2.24) is 4.31 Å². The van der Waals surface area contributed by atoms with E-state index in [2.05, 4.69) is 0 Å². The molecule has 1 aliphatic carbocycles. The summed E-state index contributed by atoms with van der Waals surface area (Å²) in [4.78, 5) is 0. The fourth-order valence-corrected chi connectivity index (χ4v) is 4.04. The van der Waals surface area contributed by atoms with Crippen LogP contribution in [-0.2, 0) is 10.0 Å². The first kappa shape index (κ1) is 12.9. The van der Waals surface area contributed by atoms with Gasteiger partial charge in [0, 0.05) is 19.1 Å². The maximum atomic E-state index is 12.0. The Kier molecular flexibility index (Phi) is 5.02. The lowest BCUT2D eigenvalue weighted by Gasteiger charge is -2.27. The Bertz CT molecular complexity index is 271. The third-order valence-corrected chi connectivity index (χ3v) is 5.02. The Morgan fingerprint density at radius 3 is 2.40 bits per heavy atom. The minimum Gasteiger partial charge on any atom is -0.329 e. The zero-order valence-electron chi connectivity index (χ0n) is 9.48. The number of nitrogens with zero attached hydrogens (tertiary/aromatic N) is 1. The van der Waals surface area contributed by atoms with E-state index in [0.717, 1.165) is 25.7 Å². The molecule has 1 saturated carbocycles. The highest BCUT2D eigenvalue weighted by atomic mass is 32.2. The molecule has 0 atom stereocenters. The number of hydrogen-bond donors (Lipinski definition) is 1. The SMILES string of the molecule is CCCS(=O)(=O)N(CCN)C1CCCC1. The molecule has 0 bridgehead atoms. The van der Waals surface area contributed by atoms with Gasteiger partial charge in [0.25, 0.3) is 0 Å². The van der Waals surface area contributed by atoms with E-state index in [0.29, 0.717) is 19.5 Å². The normalized spacial score (nSPS) is 18.9. The molecule has 0 amide bonds. The maximum Gasteiger partial charge on any atom is 0.214 e. The first-order valence-electron chi connectivity index (χ1n) is 5.81.